The molecule has 1 heterocycles. The molecule has 4 aromatic carbocycles. The van der Waals surface area contributed by atoms with Crippen molar-refractivity contribution in [3.05, 3.63) is 125 Å². The molecule has 0 bridgehead atoms. The second kappa shape index (κ2) is 9.95. The quantitative estimate of drug-likeness (QED) is 0.284. The molecule has 0 radical (unpaired) electrons. The first kappa shape index (κ1) is 23.8. The Morgan fingerprint density at radius 1 is 0.568 bits per heavy atom. The van der Waals surface area contributed by atoms with Crippen molar-refractivity contribution < 1.29 is 25.2 Å². The SMILES string of the molecule is O=C1C(c2ccc(O)cc2)=C(c2ccc(O)cc2)/C(=C/c2ccc(O)cc2)N1CCc1ccc(O)cc1. The molecule has 0 saturated carbocycles. The van der Waals surface area contributed by atoms with Gasteiger partial charge >= 0.3 is 0 Å². The molecule has 0 atom stereocenters. The van der Waals surface area contributed by atoms with Gasteiger partial charge in [0.2, 0.25) is 0 Å². The lowest BCUT2D eigenvalue weighted by molar-refractivity contribution is -0.122. The Hall–Kier alpha value is -4.97. The van der Waals surface area contributed by atoms with E-state index in [0.717, 1.165) is 16.7 Å². The van der Waals surface area contributed by atoms with E-state index >= 15 is 0 Å². The highest BCUT2D eigenvalue weighted by Gasteiger charge is 2.36. The van der Waals surface area contributed by atoms with Gasteiger partial charge in [0.05, 0.1) is 11.3 Å². The number of phenolic OH excluding ortho intramolecular Hbond substituents is 4. The molecule has 0 spiro atoms. The first-order valence-electron chi connectivity index (χ1n) is 11.8. The number of aromatic hydroxyl groups is 4. The molecule has 0 unspecified atom stereocenters. The lowest BCUT2D eigenvalue weighted by atomic mass is 9.94. The van der Waals surface area contributed by atoms with Gasteiger partial charge in [0, 0.05) is 12.1 Å². The summed E-state index contributed by atoms with van der Waals surface area (Å²) >= 11 is 0. The van der Waals surface area contributed by atoms with Crippen LogP contribution in [0.2, 0.25) is 0 Å². The molecule has 6 nitrogen and oxygen atoms in total. The van der Waals surface area contributed by atoms with Gasteiger partial charge in [-0.3, -0.25) is 4.79 Å². The van der Waals surface area contributed by atoms with E-state index in [2.05, 4.69) is 0 Å². The third-order valence-electron chi connectivity index (χ3n) is 6.32. The minimum absolute atomic E-state index is 0.102. The molecular weight excluding hydrogens is 466 g/mol. The van der Waals surface area contributed by atoms with Crippen LogP contribution in [0.15, 0.2) is 103 Å². The Labute approximate surface area is 214 Å². The predicted molar refractivity (Wildman–Crippen MR) is 143 cm³/mol. The van der Waals surface area contributed by atoms with Gasteiger partial charge in [-0.25, -0.2) is 0 Å². The van der Waals surface area contributed by atoms with E-state index in [1.807, 2.05) is 18.2 Å². The number of nitrogens with zero attached hydrogens (tertiary/aromatic N) is 1. The van der Waals surface area contributed by atoms with Gasteiger partial charge in [-0.05, 0) is 83.3 Å². The Balaban J connectivity index is 1.66. The predicted octanol–water partition coefficient (Wildman–Crippen LogP) is 5.55. The van der Waals surface area contributed by atoms with Crippen LogP contribution in [0.1, 0.15) is 22.3 Å². The van der Waals surface area contributed by atoms with Gasteiger partial charge in [-0.2, -0.15) is 0 Å². The van der Waals surface area contributed by atoms with E-state index < -0.39 is 0 Å². The molecular formula is C31H25NO5. The molecule has 0 aliphatic carbocycles. The number of phenols is 4. The Morgan fingerprint density at radius 2 is 1.00 bits per heavy atom. The van der Waals surface area contributed by atoms with Crippen LogP contribution in [0.4, 0.5) is 0 Å². The maximum atomic E-state index is 14.0. The van der Waals surface area contributed by atoms with E-state index in [4.69, 9.17) is 0 Å². The lowest BCUT2D eigenvalue weighted by Gasteiger charge is -2.21. The average Bonchev–Trinajstić information content (AvgIpc) is 3.17. The Morgan fingerprint density at radius 3 is 1.51 bits per heavy atom. The maximum absolute atomic E-state index is 14.0. The Kier molecular flexibility index (Phi) is 6.39. The minimum Gasteiger partial charge on any atom is -0.508 e. The van der Waals surface area contributed by atoms with Gasteiger partial charge in [0.15, 0.2) is 0 Å². The fourth-order valence-corrected chi connectivity index (χ4v) is 4.43. The summed E-state index contributed by atoms with van der Waals surface area (Å²) in [6, 6.07) is 26.9. The molecule has 4 aromatic rings. The van der Waals surface area contributed by atoms with E-state index in [0.29, 0.717) is 35.4 Å². The van der Waals surface area contributed by atoms with E-state index in [9.17, 15) is 25.2 Å². The fourth-order valence-electron chi connectivity index (χ4n) is 4.43. The first-order valence-corrected chi connectivity index (χ1v) is 11.8. The molecule has 4 N–H and O–H groups in total. The Bertz CT molecular complexity index is 1480. The number of amides is 1. The fraction of sp³-hybridized carbons (Fsp3) is 0.0645. The zero-order chi connectivity index (χ0) is 25.9. The molecule has 1 aliphatic heterocycles. The van der Waals surface area contributed by atoms with Crippen molar-refractivity contribution in [3.63, 3.8) is 0 Å². The monoisotopic (exact) mass is 491 g/mol. The third-order valence-corrected chi connectivity index (χ3v) is 6.32. The molecule has 0 saturated heterocycles. The number of carbonyl (C=O) groups is 1. The van der Waals surface area contributed by atoms with Crippen LogP contribution in [0.25, 0.3) is 17.2 Å². The zero-order valence-electron chi connectivity index (χ0n) is 19.9. The number of benzene rings is 4. The van der Waals surface area contributed by atoms with Crippen molar-refractivity contribution >= 4 is 23.1 Å². The van der Waals surface area contributed by atoms with Gasteiger partial charge < -0.3 is 25.3 Å². The van der Waals surface area contributed by atoms with Crippen molar-refractivity contribution in [1.82, 2.24) is 4.90 Å². The minimum atomic E-state index is -0.183. The second-order valence-corrected chi connectivity index (χ2v) is 8.84. The van der Waals surface area contributed by atoms with Crippen LogP contribution in [0.5, 0.6) is 23.0 Å². The highest BCUT2D eigenvalue weighted by molar-refractivity contribution is 6.34. The number of hydrogen-bond acceptors (Lipinski definition) is 5. The zero-order valence-corrected chi connectivity index (χ0v) is 19.9. The largest absolute Gasteiger partial charge is 0.508 e. The number of hydrogen-bond donors (Lipinski definition) is 4. The summed E-state index contributed by atoms with van der Waals surface area (Å²) in [7, 11) is 0. The number of carbonyl (C=O) groups excluding carboxylic acids is 1. The summed E-state index contributed by atoms with van der Waals surface area (Å²) in [6.45, 7) is 0.386. The molecule has 37 heavy (non-hydrogen) atoms. The summed E-state index contributed by atoms with van der Waals surface area (Å²) in [5, 5.41) is 39.1. The molecule has 0 fully saturated rings. The van der Waals surface area contributed by atoms with Crippen molar-refractivity contribution in [1.29, 1.82) is 0 Å². The average molecular weight is 492 g/mol. The van der Waals surface area contributed by atoms with Crippen LogP contribution < -0.4 is 0 Å². The molecule has 0 aromatic heterocycles. The van der Waals surface area contributed by atoms with Crippen molar-refractivity contribution in [2.24, 2.45) is 0 Å². The molecule has 1 aliphatic rings. The number of allylic oxidation sites excluding steroid dienone is 1. The highest BCUT2D eigenvalue weighted by Crippen LogP contribution is 2.43. The van der Waals surface area contributed by atoms with Crippen molar-refractivity contribution in [3.8, 4) is 23.0 Å². The summed E-state index contributed by atoms with van der Waals surface area (Å²) in [5.74, 6) is 0.364. The molecule has 1 amide bonds. The van der Waals surface area contributed by atoms with Crippen LogP contribution in [-0.2, 0) is 11.2 Å². The van der Waals surface area contributed by atoms with E-state index in [1.165, 1.54) is 0 Å². The van der Waals surface area contributed by atoms with Crippen LogP contribution in [-0.4, -0.2) is 37.8 Å². The highest BCUT2D eigenvalue weighted by atomic mass is 16.3. The van der Waals surface area contributed by atoms with E-state index in [1.54, 1.807) is 89.8 Å². The van der Waals surface area contributed by atoms with E-state index in [-0.39, 0.29) is 28.9 Å². The maximum Gasteiger partial charge on any atom is 0.259 e. The lowest BCUT2D eigenvalue weighted by Crippen LogP contribution is -2.28. The van der Waals surface area contributed by atoms with Gasteiger partial charge in [0.25, 0.3) is 5.91 Å². The summed E-state index contributed by atoms with van der Waals surface area (Å²) in [4.78, 5) is 15.7. The summed E-state index contributed by atoms with van der Waals surface area (Å²) < 4.78 is 0. The summed E-state index contributed by atoms with van der Waals surface area (Å²) in [5.41, 5.74) is 5.07. The van der Waals surface area contributed by atoms with Gasteiger partial charge in [-0.1, -0.05) is 48.5 Å². The van der Waals surface area contributed by atoms with Crippen LogP contribution in [0.3, 0.4) is 0 Å². The summed E-state index contributed by atoms with van der Waals surface area (Å²) in [6.07, 6.45) is 2.47. The van der Waals surface area contributed by atoms with Crippen LogP contribution >= 0.6 is 0 Å². The second-order valence-electron chi connectivity index (χ2n) is 8.84. The van der Waals surface area contributed by atoms with Crippen molar-refractivity contribution in [2.75, 3.05) is 6.54 Å². The smallest absolute Gasteiger partial charge is 0.259 e. The molecule has 6 heteroatoms. The van der Waals surface area contributed by atoms with Crippen LogP contribution in [0, 0.1) is 0 Å². The van der Waals surface area contributed by atoms with Gasteiger partial charge in [-0.15, -0.1) is 0 Å². The third kappa shape index (κ3) is 5.04. The topological polar surface area (TPSA) is 101 Å². The van der Waals surface area contributed by atoms with Crippen molar-refractivity contribution in [2.45, 2.75) is 6.42 Å². The number of rotatable bonds is 6. The molecule has 184 valence electrons. The van der Waals surface area contributed by atoms with Gasteiger partial charge in [0.1, 0.15) is 23.0 Å². The molecule has 5 rings (SSSR count). The standard InChI is InChI=1S/C31H25NO5/c33-24-9-1-20(2-10-24)17-18-32-28(19-21-3-11-25(34)12-4-21)29(22-5-13-26(35)14-6-22)30(31(32)37)23-7-15-27(36)16-8-23/h1-16,19,33-36H,17-18H2/b28-19-. The first-order chi connectivity index (χ1) is 17.9. The normalized spacial score (nSPS) is 14.5.